The van der Waals surface area contributed by atoms with Crippen LogP contribution in [0.2, 0.25) is 0 Å². The van der Waals surface area contributed by atoms with E-state index in [0.717, 1.165) is 32.2 Å². The number of piperidine rings is 1. The van der Waals surface area contributed by atoms with Crippen LogP contribution in [0.15, 0.2) is 59.1 Å². The predicted molar refractivity (Wildman–Crippen MR) is 112 cm³/mol. The molecule has 3 aromatic rings. The van der Waals surface area contributed by atoms with Crippen molar-refractivity contribution < 1.29 is 13.7 Å². The summed E-state index contributed by atoms with van der Waals surface area (Å²) in [4.78, 5) is 19.0. The standard InChI is InChI=1S/C24H26FN3O2/c25-21-13-5-4-12-20(21)24-26-22(30-27-24)16-19-11-7-15-28(17-19)23(29)14-6-10-18-8-2-1-3-9-18/h1-5,8-9,12-13,19H,6-7,10-11,14-17H2. The lowest BCUT2D eigenvalue weighted by Crippen LogP contribution is -2.40. The number of hydrogen-bond donors (Lipinski definition) is 0. The van der Waals surface area contributed by atoms with Crippen LogP contribution in [0.25, 0.3) is 11.4 Å². The second-order valence-electron chi connectivity index (χ2n) is 7.88. The lowest BCUT2D eigenvalue weighted by atomic mass is 9.94. The molecule has 0 aliphatic carbocycles. The maximum atomic E-state index is 13.9. The first-order valence-electron chi connectivity index (χ1n) is 10.6. The van der Waals surface area contributed by atoms with Crippen LogP contribution in [0.5, 0.6) is 0 Å². The minimum absolute atomic E-state index is 0.216. The van der Waals surface area contributed by atoms with Gasteiger partial charge in [0.15, 0.2) is 0 Å². The largest absolute Gasteiger partial charge is 0.342 e. The second kappa shape index (κ2) is 9.65. The number of benzene rings is 2. The summed E-state index contributed by atoms with van der Waals surface area (Å²) < 4.78 is 19.3. The van der Waals surface area contributed by atoms with Crippen LogP contribution in [-0.4, -0.2) is 34.0 Å². The molecule has 30 heavy (non-hydrogen) atoms. The lowest BCUT2D eigenvalue weighted by Gasteiger charge is -2.32. The summed E-state index contributed by atoms with van der Waals surface area (Å²) in [5.41, 5.74) is 1.61. The van der Waals surface area contributed by atoms with Crippen molar-refractivity contribution >= 4 is 5.91 Å². The summed E-state index contributed by atoms with van der Waals surface area (Å²) >= 11 is 0. The van der Waals surface area contributed by atoms with Crippen molar-refractivity contribution in [2.75, 3.05) is 13.1 Å². The van der Waals surface area contributed by atoms with E-state index in [1.165, 1.54) is 11.6 Å². The van der Waals surface area contributed by atoms with Gasteiger partial charge in [-0.25, -0.2) is 4.39 Å². The monoisotopic (exact) mass is 407 g/mol. The molecule has 2 heterocycles. The van der Waals surface area contributed by atoms with E-state index in [1.807, 2.05) is 23.1 Å². The first kappa shape index (κ1) is 20.3. The van der Waals surface area contributed by atoms with Crippen molar-refractivity contribution in [2.45, 2.75) is 38.5 Å². The van der Waals surface area contributed by atoms with Crippen LogP contribution in [0, 0.1) is 11.7 Å². The summed E-state index contributed by atoms with van der Waals surface area (Å²) in [6.07, 6.45) is 4.95. The molecule has 1 aliphatic heterocycles. The fourth-order valence-corrected chi connectivity index (χ4v) is 4.04. The van der Waals surface area contributed by atoms with Gasteiger partial charge in [-0.1, -0.05) is 47.6 Å². The third kappa shape index (κ3) is 5.12. The van der Waals surface area contributed by atoms with Crippen LogP contribution in [0.4, 0.5) is 4.39 Å². The van der Waals surface area contributed by atoms with Gasteiger partial charge in [-0.2, -0.15) is 4.98 Å². The van der Waals surface area contributed by atoms with E-state index in [-0.39, 0.29) is 23.5 Å². The molecule has 6 heteroatoms. The zero-order valence-corrected chi connectivity index (χ0v) is 17.0. The molecule has 1 amide bonds. The van der Waals surface area contributed by atoms with Crippen molar-refractivity contribution in [2.24, 2.45) is 5.92 Å². The molecule has 1 atom stereocenters. The Kier molecular flexibility index (Phi) is 6.52. The fourth-order valence-electron chi connectivity index (χ4n) is 4.04. The van der Waals surface area contributed by atoms with Crippen LogP contribution in [0.1, 0.15) is 37.1 Å². The molecule has 1 fully saturated rings. The lowest BCUT2D eigenvalue weighted by molar-refractivity contribution is -0.133. The molecule has 5 nitrogen and oxygen atoms in total. The van der Waals surface area contributed by atoms with Crippen LogP contribution in [0.3, 0.4) is 0 Å². The van der Waals surface area contributed by atoms with Gasteiger partial charge in [0.2, 0.25) is 17.6 Å². The smallest absolute Gasteiger partial charge is 0.227 e. The highest BCUT2D eigenvalue weighted by Crippen LogP contribution is 2.24. The molecule has 0 radical (unpaired) electrons. The Hall–Kier alpha value is -3.02. The molecule has 156 valence electrons. The maximum Gasteiger partial charge on any atom is 0.227 e. The van der Waals surface area contributed by atoms with Gasteiger partial charge in [-0.05, 0) is 49.3 Å². The SMILES string of the molecule is O=C(CCCc1ccccc1)N1CCCC(Cc2nc(-c3ccccc3F)no2)C1. The highest BCUT2D eigenvalue weighted by molar-refractivity contribution is 5.76. The van der Waals surface area contributed by atoms with Gasteiger partial charge in [0.1, 0.15) is 5.82 Å². The van der Waals surface area contributed by atoms with Crippen molar-refractivity contribution in [3.63, 3.8) is 0 Å². The summed E-state index contributed by atoms with van der Waals surface area (Å²) in [5, 5.41) is 3.93. The normalized spacial score (nSPS) is 16.6. The van der Waals surface area contributed by atoms with Crippen LogP contribution < -0.4 is 0 Å². The molecule has 0 N–H and O–H groups in total. The van der Waals surface area contributed by atoms with Crippen molar-refractivity contribution in [1.29, 1.82) is 0 Å². The van der Waals surface area contributed by atoms with Gasteiger partial charge in [0.05, 0.1) is 5.56 Å². The third-order valence-electron chi connectivity index (χ3n) is 5.62. The average Bonchev–Trinajstić information content (AvgIpc) is 3.23. The summed E-state index contributed by atoms with van der Waals surface area (Å²) in [6.45, 7) is 1.52. The predicted octanol–water partition coefficient (Wildman–Crippen LogP) is 4.68. The quantitative estimate of drug-likeness (QED) is 0.571. The Morgan fingerprint density at radius 1 is 1.13 bits per heavy atom. The number of nitrogens with zero attached hydrogens (tertiary/aromatic N) is 3. The second-order valence-corrected chi connectivity index (χ2v) is 7.88. The maximum absolute atomic E-state index is 13.9. The molecule has 1 aromatic heterocycles. The highest BCUT2D eigenvalue weighted by atomic mass is 19.1. The number of aromatic nitrogens is 2. The minimum Gasteiger partial charge on any atom is -0.342 e. The Bertz CT molecular complexity index is 973. The molecule has 0 spiro atoms. The number of rotatable bonds is 7. The third-order valence-corrected chi connectivity index (χ3v) is 5.62. The van der Waals surface area contributed by atoms with Crippen LogP contribution in [-0.2, 0) is 17.6 Å². The molecular weight excluding hydrogens is 381 g/mol. The van der Waals surface area contributed by atoms with Gasteiger partial charge < -0.3 is 9.42 Å². The topological polar surface area (TPSA) is 59.2 Å². The van der Waals surface area contributed by atoms with E-state index in [1.54, 1.807) is 18.2 Å². The number of likely N-dealkylation sites (tertiary alicyclic amines) is 1. The van der Waals surface area contributed by atoms with E-state index in [9.17, 15) is 9.18 Å². The highest BCUT2D eigenvalue weighted by Gasteiger charge is 2.25. The van der Waals surface area contributed by atoms with E-state index in [0.29, 0.717) is 30.8 Å². The Morgan fingerprint density at radius 2 is 1.93 bits per heavy atom. The summed E-state index contributed by atoms with van der Waals surface area (Å²) in [7, 11) is 0. The molecule has 1 unspecified atom stereocenters. The van der Waals surface area contributed by atoms with Crippen LogP contribution >= 0.6 is 0 Å². The number of aryl methyl sites for hydroxylation is 1. The molecule has 4 rings (SSSR count). The minimum atomic E-state index is -0.366. The van der Waals surface area contributed by atoms with Crippen molar-refractivity contribution in [1.82, 2.24) is 15.0 Å². The van der Waals surface area contributed by atoms with E-state index >= 15 is 0 Å². The average molecular weight is 407 g/mol. The molecule has 1 aliphatic rings. The van der Waals surface area contributed by atoms with E-state index in [2.05, 4.69) is 22.3 Å². The number of halogens is 1. The Labute approximate surface area is 175 Å². The van der Waals surface area contributed by atoms with Gasteiger partial charge in [0.25, 0.3) is 0 Å². The number of amides is 1. The summed E-state index contributed by atoms with van der Waals surface area (Å²) in [6, 6.07) is 16.7. The van der Waals surface area contributed by atoms with E-state index < -0.39 is 0 Å². The number of carbonyl (C=O) groups is 1. The van der Waals surface area contributed by atoms with Gasteiger partial charge >= 0.3 is 0 Å². The fraction of sp³-hybridized carbons (Fsp3) is 0.375. The molecule has 2 aromatic carbocycles. The molecular formula is C24H26FN3O2. The zero-order chi connectivity index (χ0) is 20.8. The van der Waals surface area contributed by atoms with E-state index in [4.69, 9.17) is 4.52 Å². The molecule has 1 saturated heterocycles. The number of carbonyl (C=O) groups excluding carboxylic acids is 1. The van der Waals surface area contributed by atoms with Gasteiger partial charge in [-0.3, -0.25) is 4.79 Å². The Balaban J connectivity index is 1.29. The summed E-state index contributed by atoms with van der Waals surface area (Å²) in [5.74, 6) is 0.901. The first-order chi connectivity index (χ1) is 14.7. The zero-order valence-electron chi connectivity index (χ0n) is 17.0. The first-order valence-corrected chi connectivity index (χ1v) is 10.6. The van der Waals surface area contributed by atoms with Gasteiger partial charge in [0, 0.05) is 25.9 Å². The molecule has 0 bridgehead atoms. The Morgan fingerprint density at radius 3 is 2.77 bits per heavy atom. The van der Waals surface area contributed by atoms with Crippen molar-refractivity contribution in [3.05, 3.63) is 71.9 Å². The van der Waals surface area contributed by atoms with Gasteiger partial charge in [-0.15, -0.1) is 0 Å². The molecule has 0 saturated carbocycles. The number of hydrogen-bond acceptors (Lipinski definition) is 4. The van der Waals surface area contributed by atoms with Crippen molar-refractivity contribution in [3.8, 4) is 11.4 Å².